The van der Waals surface area contributed by atoms with Crippen molar-refractivity contribution >= 4 is 0 Å². The van der Waals surface area contributed by atoms with Crippen LogP contribution in [-0.4, -0.2) is 0 Å². The second kappa shape index (κ2) is 4.69. The first kappa shape index (κ1) is 12.1. The molecule has 1 unspecified atom stereocenters. The highest BCUT2D eigenvalue weighted by Gasteiger charge is 2.14. The molecule has 0 spiro atoms. The molecule has 0 aromatic heterocycles. The molecule has 0 heterocycles. The highest BCUT2D eigenvalue weighted by Crippen LogP contribution is 2.28. The zero-order chi connectivity index (χ0) is 11.5. The minimum absolute atomic E-state index is 0.275. The van der Waals surface area contributed by atoms with E-state index in [1.165, 1.54) is 0 Å². The third-order valence-electron chi connectivity index (χ3n) is 2.48. The van der Waals surface area contributed by atoms with Crippen LogP contribution in [0.3, 0.4) is 0 Å². The molecule has 1 heteroatoms. The largest absolute Gasteiger partial charge is 0.875 e. The Morgan fingerprint density at radius 1 is 1.27 bits per heavy atom. The molecule has 15 heavy (non-hydrogen) atoms. The van der Waals surface area contributed by atoms with Crippen LogP contribution in [0.4, 0.5) is 0 Å². The van der Waals surface area contributed by atoms with E-state index in [0.29, 0.717) is 17.8 Å². The Bertz CT molecular complexity index is 286. The van der Waals surface area contributed by atoms with E-state index >= 15 is 0 Å². The summed E-state index contributed by atoms with van der Waals surface area (Å²) in [5, 5.41) is 11.8. The van der Waals surface area contributed by atoms with Gasteiger partial charge in [-0.25, -0.2) is 0 Å². The number of rotatable bonds is 3. The van der Waals surface area contributed by atoms with Crippen LogP contribution in [0.5, 0.6) is 0 Å². The normalized spacial score (nSPS) is 17.2. The molecule has 0 saturated heterocycles. The summed E-state index contributed by atoms with van der Waals surface area (Å²) < 4.78 is 0. The summed E-state index contributed by atoms with van der Waals surface area (Å²) in [4.78, 5) is 0. The summed E-state index contributed by atoms with van der Waals surface area (Å²) in [5.74, 6) is 0.740. The molecule has 0 aliphatic heterocycles. The molecular weight excluding hydrogens is 184 g/mol. The first-order valence-electron chi connectivity index (χ1n) is 5.63. The van der Waals surface area contributed by atoms with Crippen molar-refractivity contribution < 1.29 is 5.11 Å². The van der Waals surface area contributed by atoms with Crippen molar-refractivity contribution in [3.05, 3.63) is 35.6 Å². The van der Waals surface area contributed by atoms with Gasteiger partial charge in [0.2, 0.25) is 0 Å². The first-order valence-corrected chi connectivity index (χ1v) is 5.63. The van der Waals surface area contributed by atoms with Crippen LogP contribution >= 0.6 is 0 Å². The van der Waals surface area contributed by atoms with Gasteiger partial charge in [-0.15, -0.1) is 5.76 Å². The minimum atomic E-state index is 0.275. The Kier molecular flexibility index (Phi) is 3.78. The molecule has 0 bridgehead atoms. The van der Waals surface area contributed by atoms with Crippen molar-refractivity contribution in [2.75, 3.05) is 0 Å². The molecule has 1 rings (SSSR count). The summed E-state index contributed by atoms with van der Waals surface area (Å²) in [6.45, 7) is 8.82. The maximum atomic E-state index is 11.8. The molecule has 0 aromatic rings. The van der Waals surface area contributed by atoms with E-state index in [1.54, 1.807) is 0 Å². The molecule has 0 aromatic carbocycles. The fourth-order valence-electron chi connectivity index (χ4n) is 2.11. The van der Waals surface area contributed by atoms with Gasteiger partial charge < -0.3 is 5.11 Å². The summed E-state index contributed by atoms with van der Waals surface area (Å²) >= 11 is 0. The van der Waals surface area contributed by atoms with Crippen LogP contribution in [0.15, 0.2) is 35.6 Å². The Morgan fingerprint density at radius 2 is 1.80 bits per heavy atom. The van der Waals surface area contributed by atoms with E-state index < -0.39 is 0 Å². The molecule has 0 fully saturated rings. The van der Waals surface area contributed by atoms with Crippen LogP contribution in [0.25, 0.3) is 0 Å². The van der Waals surface area contributed by atoms with Crippen LogP contribution < -0.4 is 5.11 Å². The Labute approximate surface area is 93.2 Å². The van der Waals surface area contributed by atoms with E-state index in [1.807, 2.05) is 24.3 Å². The maximum absolute atomic E-state index is 11.8. The van der Waals surface area contributed by atoms with Crippen LogP contribution in [-0.2, 0) is 0 Å². The van der Waals surface area contributed by atoms with Crippen LogP contribution in [0, 0.1) is 11.3 Å². The topological polar surface area (TPSA) is 23.1 Å². The summed E-state index contributed by atoms with van der Waals surface area (Å²) in [5.41, 5.74) is 1.17. The number of allylic oxidation sites excluding steroid dienone is 6. The van der Waals surface area contributed by atoms with E-state index in [2.05, 4.69) is 27.7 Å². The smallest absolute Gasteiger partial charge is 0.0376 e. The second-order valence-electron chi connectivity index (χ2n) is 5.67. The number of hydrogen-bond acceptors (Lipinski definition) is 1. The maximum Gasteiger partial charge on any atom is -0.0376 e. The van der Waals surface area contributed by atoms with Gasteiger partial charge >= 0.3 is 0 Å². The van der Waals surface area contributed by atoms with Gasteiger partial charge in [0.05, 0.1) is 0 Å². The van der Waals surface area contributed by atoms with Gasteiger partial charge in [0.25, 0.3) is 0 Å². The highest BCUT2D eigenvalue weighted by atomic mass is 16.3. The van der Waals surface area contributed by atoms with Crippen molar-refractivity contribution in [3.8, 4) is 0 Å². The van der Waals surface area contributed by atoms with Crippen molar-refractivity contribution in [3.63, 3.8) is 0 Å². The second-order valence-corrected chi connectivity index (χ2v) is 5.67. The molecule has 0 amide bonds. The summed E-state index contributed by atoms with van der Waals surface area (Å²) in [6, 6.07) is 0. The summed E-state index contributed by atoms with van der Waals surface area (Å²) in [7, 11) is 0. The van der Waals surface area contributed by atoms with Crippen LogP contribution in [0.1, 0.15) is 40.5 Å². The van der Waals surface area contributed by atoms with Gasteiger partial charge in [0.1, 0.15) is 0 Å². The molecule has 1 aliphatic rings. The van der Waals surface area contributed by atoms with Crippen molar-refractivity contribution in [2.45, 2.75) is 40.5 Å². The molecule has 0 N–H and O–H groups in total. The van der Waals surface area contributed by atoms with Gasteiger partial charge in [-0.3, -0.25) is 0 Å². The lowest BCUT2D eigenvalue weighted by Crippen LogP contribution is -2.15. The molecule has 1 nitrogen and oxygen atoms in total. The Hall–Kier alpha value is -0.980. The molecule has 84 valence electrons. The van der Waals surface area contributed by atoms with Crippen molar-refractivity contribution in [1.82, 2.24) is 0 Å². The van der Waals surface area contributed by atoms with Gasteiger partial charge in [-0.05, 0) is 29.7 Å². The Morgan fingerprint density at radius 3 is 2.27 bits per heavy atom. The molecular formula is C14H21O-. The lowest BCUT2D eigenvalue weighted by atomic mass is 9.83. The predicted octanol–water partition coefficient (Wildman–Crippen LogP) is 3.19. The molecule has 0 saturated carbocycles. The van der Waals surface area contributed by atoms with Gasteiger partial charge in [0.15, 0.2) is 0 Å². The lowest BCUT2D eigenvalue weighted by molar-refractivity contribution is -0.309. The highest BCUT2D eigenvalue weighted by molar-refractivity contribution is 5.41. The summed E-state index contributed by atoms with van der Waals surface area (Å²) in [6.07, 6.45) is 9.39. The van der Waals surface area contributed by atoms with Gasteiger partial charge in [-0.2, -0.15) is 0 Å². The van der Waals surface area contributed by atoms with Gasteiger partial charge in [-0.1, -0.05) is 52.0 Å². The van der Waals surface area contributed by atoms with E-state index in [9.17, 15) is 5.11 Å². The van der Waals surface area contributed by atoms with Crippen LogP contribution in [0.2, 0.25) is 0 Å². The van der Waals surface area contributed by atoms with E-state index in [4.69, 9.17) is 0 Å². The lowest BCUT2D eigenvalue weighted by Gasteiger charge is -2.26. The number of hydrogen-bond donors (Lipinski definition) is 0. The fourth-order valence-corrected chi connectivity index (χ4v) is 2.11. The predicted molar refractivity (Wildman–Crippen MR) is 63.2 cm³/mol. The monoisotopic (exact) mass is 205 g/mol. The third kappa shape index (κ3) is 4.37. The van der Waals surface area contributed by atoms with Crippen molar-refractivity contribution in [2.24, 2.45) is 11.3 Å². The zero-order valence-corrected chi connectivity index (χ0v) is 10.2. The first-order chi connectivity index (χ1) is 6.88. The van der Waals surface area contributed by atoms with Crippen molar-refractivity contribution in [1.29, 1.82) is 0 Å². The molecule has 1 aliphatic carbocycles. The Balaban J connectivity index is 2.52. The van der Waals surface area contributed by atoms with Gasteiger partial charge in [0, 0.05) is 0 Å². The standard InChI is InChI=1S/C14H22O/c1-11(10-14(2,3)4)9-13(15)12-7-5-6-8-12/h5-8,11,15H,9-10H2,1-4H3/p-1. The fraction of sp³-hybridized carbons (Fsp3) is 0.571. The SMILES string of the molecule is CC(CC([O-])=C1C=CC=C1)CC(C)(C)C. The average Bonchev–Trinajstić information content (AvgIpc) is 2.50. The average molecular weight is 205 g/mol. The zero-order valence-electron chi connectivity index (χ0n) is 10.2. The minimum Gasteiger partial charge on any atom is -0.875 e. The molecule has 1 atom stereocenters. The quantitative estimate of drug-likeness (QED) is 0.649. The van der Waals surface area contributed by atoms with E-state index in [0.717, 1.165) is 12.0 Å². The van der Waals surface area contributed by atoms with E-state index in [-0.39, 0.29) is 5.76 Å². The third-order valence-corrected chi connectivity index (χ3v) is 2.48. The molecule has 0 radical (unpaired) electrons.